The van der Waals surface area contributed by atoms with E-state index in [0.29, 0.717) is 15.5 Å². The normalized spacial score (nSPS) is 13.8. The molecule has 0 aliphatic heterocycles. The number of rotatable bonds is 4. The largest absolute Gasteiger partial charge is 0.327 e. The third-order valence-electron chi connectivity index (χ3n) is 2.76. The summed E-state index contributed by atoms with van der Waals surface area (Å²) < 4.78 is 0. The highest BCUT2D eigenvalue weighted by Gasteiger charge is 2.14. The van der Waals surface area contributed by atoms with E-state index in [1.165, 1.54) is 0 Å². The zero-order valence-corrected chi connectivity index (χ0v) is 12.3. The summed E-state index contributed by atoms with van der Waals surface area (Å²) in [6.45, 7) is 6.69. The minimum absolute atomic E-state index is 0.160. The third-order valence-corrected chi connectivity index (χ3v) is 3.35. The van der Waals surface area contributed by atoms with Crippen LogP contribution in [-0.4, -0.2) is 6.04 Å². The second-order valence-electron chi connectivity index (χ2n) is 5.80. The second-order valence-corrected chi connectivity index (χ2v) is 6.64. The van der Waals surface area contributed by atoms with E-state index in [2.05, 4.69) is 20.8 Å². The number of halogens is 2. The van der Waals surface area contributed by atoms with Crippen LogP contribution in [0.25, 0.3) is 0 Å². The van der Waals surface area contributed by atoms with Crippen LogP contribution in [0.4, 0.5) is 0 Å². The van der Waals surface area contributed by atoms with Gasteiger partial charge in [0.1, 0.15) is 0 Å². The monoisotopic (exact) mass is 273 g/mol. The van der Waals surface area contributed by atoms with E-state index in [0.717, 1.165) is 24.8 Å². The zero-order valence-electron chi connectivity index (χ0n) is 10.8. The molecule has 96 valence electrons. The molecule has 3 heteroatoms. The second kappa shape index (κ2) is 6.08. The Hall–Kier alpha value is -0.240. The average Bonchev–Trinajstić information content (AvgIpc) is 2.18. The van der Waals surface area contributed by atoms with E-state index in [4.69, 9.17) is 28.9 Å². The summed E-state index contributed by atoms with van der Waals surface area (Å²) in [5, 5.41) is 1.38. The topological polar surface area (TPSA) is 26.0 Å². The summed E-state index contributed by atoms with van der Waals surface area (Å²) in [4.78, 5) is 0. The van der Waals surface area contributed by atoms with Gasteiger partial charge < -0.3 is 5.73 Å². The van der Waals surface area contributed by atoms with Gasteiger partial charge in [0.05, 0.1) is 0 Å². The molecule has 0 saturated heterocycles. The van der Waals surface area contributed by atoms with Gasteiger partial charge in [0, 0.05) is 16.1 Å². The van der Waals surface area contributed by atoms with Crippen molar-refractivity contribution in [3.05, 3.63) is 33.8 Å². The van der Waals surface area contributed by atoms with Gasteiger partial charge in [-0.1, -0.05) is 50.0 Å². The molecule has 0 aliphatic carbocycles. The van der Waals surface area contributed by atoms with Crippen LogP contribution in [0.1, 0.15) is 39.2 Å². The molecule has 1 aromatic carbocycles. The predicted molar refractivity (Wildman–Crippen MR) is 76.8 cm³/mol. The third kappa shape index (κ3) is 5.76. The lowest BCUT2D eigenvalue weighted by Crippen LogP contribution is -2.24. The van der Waals surface area contributed by atoms with E-state index in [-0.39, 0.29) is 6.04 Å². The lowest BCUT2D eigenvalue weighted by atomic mass is 9.87. The van der Waals surface area contributed by atoms with Crippen molar-refractivity contribution >= 4 is 23.2 Å². The molecule has 0 heterocycles. The molecule has 0 saturated carbocycles. The first kappa shape index (κ1) is 14.8. The van der Waals surface area contributed by atoms with Crippen molar-refractivity contribution in [3.8, 4) is 0 Å². The van der Waals surface area contributed by atoms with Crippen LogP contribution < -0.4 is 5.73 Å². The summed E-state index contributed by atoms with van der Waals surface area (Å²) in [6.07, 6.45) is 2.95. The average molecular weight is 274 g/mol. The van der Waals surface area contributed by atoms with Gasteiger partial charge >= 0.3 is 0 Å². The van der Waals surface area contributed by atoms with Gasteiger partial charge in [-0.2, -0.15) is 0 Å². The molecule has 0 aromatic heterocycles. The first-order chi connectivity index (χ1) is 7.78. The Morgan fingerprint density at radius 1 is 1.24 bits per heavy atom. The zero-order chi connectivity index (χ0) is 13.1. The van der Waals surface area contributed by atoms with Crippen LogP contribution in [0.2, 0.25) is 10.0 Å². The minimum atomic E-state index is 0.160. The molecule has 1 aromatic rings. The number of nitrogens with two attached hydrogens (primary N) is 1. The SMILES string of the molecule is CC(C)(C)CCC(N)Cc1ccc(Cl)cc1Cl. The standard InChI is InChI=1S/C14H21Cl2N/c1-14(2,3)7-6-12(17)8-10-4-5-11(15)9-13(10)16/h4-5,9,12H,6-8,17H2,1-3H3. The highest BCUT2D eigenvalue weighted by molar-refractivity contribution is 6.35. The molecule has 1 unspecified atom stereocenters. The molecule has 0 radical (unpaired) electrons. The van der Waals surface area contributed by atoms with Crippen LogP contribution in [0, 0.1) is 5.41 Å². The van der Waals surface area contributed by atoms with Gasteiger partial charge in [0.25, 0.3) is 0 Å². The van der Waals surface area contributed by atoms with Gasteiger partial charge in [0.2, 0.25) is 0 Å². The molecule has 2 N–H and O–H groups in total. The summed E-state index contributed by atoms with van der Waals surface area (Å²) in [5.41, 5.74) is 7.54. The Labute approximate surface area is 114 Å². The first-order valence-corrected chi connectivity index (χ1v) is 6.73. The Morgan fingerprint density at radius 3 is 2.41 bits per heavy atom. The van der Waals surface area contributed by atoms with Gasteiger partial charge in [-0.15, -0.1) is 0 Å². The quantitative estimate of drug-likeness (QED) is 0.846. The fraction of sp³-hybridized carbons (Fsp3) is 0.571. The maximum atomic E-state index is 6.13. The summed E-state index contributed by atoms with van der Waals surface area (Å²) in [5.74, 6) is 0. The molecule has 0 fully saturated rings. The number of benzene rings is 1. The van der Waals surface area contributed by atoms with Crippen molar-refractivity contribution < 1.29 is 0 Å². The Kier molecular flexibility index (Phi) is 5.30. The predicted octanol–water partition coefficient (Wildman–Crippen LogP) is 4.69. The Morgan fingerprint density at radius 2 is 1.88 bits per heavy atom. The molecule has 0 amide bonds. The molecule has 17 heavy (non-hydrogen) atoms. The van der Waals surface area contributed by atoms with E-state index >= 15 is 0 Å². The smallest absolute Gasteiger partial charge is 0.0453 e. The van der Waals surface area contributed by atoms with Crippen LogP contribution in [0.3, 0.4) is 0 Å². The van der Waals surface area contributed by atoms with Crippen molar-refractivity contribution in [2.45, 2.75) is 46.1 Å². The van der Waals surface area contributed by atoms with Crippen LogP contribution in [0.5, 0.6) is 0 Å². The highest BCUT2D eigenvalue weighted by atomic mass is 35.5. The first-order valence-electron chi connectivity index (χ1n) is 5.97. The van der Waals surface area contributed by atoms with Crippen molar-refractivity contribution in [2.24, 2.45) is 11.1 Å². The molecule has 1 rings (SSSR count). The number of hydrogen-bond donors (Lipinski definition) is 1. The molecule has 1 atom stereocenters. The fourth-order valence-corrected chi connectivity index (χ4v) is 2.18. The van der Waals surface area contributed by atoms with E-state index in [1.807, 2.05) is 12.1 Å². The van der Waals surface area contributed by atoms with Crippen molar-refractivity contribution in [2.75, 3.05) is 0 Å². The van der Waals surface area contributed by atoms with E-state index in [1.54, 1.807) is 6.07 Å². The van der Waals surface area contributed by atoms with Gasteiger partial charge in [-0.25, -0.2) is 0 Å². The maximum Gasteiger partial charge on any atom is 0.0453 e. The molecule has 0 spiro atoms. The Balaban J connectivity index is 2.53. The lowest BCUT2D eigenvalue weighted by Gasteiger charge is -2.21. The van der Waals surface area contributed by atoms with Crippen LogP contribution >= 0.6 is 23.2 Å². The summed E-state index contributed by atoms with van der Waals surface area (Å²) >= 11 is 12.0. The molecular weight excluding hydrogens is 253 g/mol. The molecule has 1 nitrogen and oxygen atoms in total. The maximum absolute atomic E-state index is 6.13. The number of hydrogen-bond acceptors (Lipinski definition) is 1. The highest BCUT2D eigenvalue weighted by Crippen LogP contribution is 2.25. The Bertz CT molecular complexity index is 369. The fourth-order valence-electron chi connectivity index (χ4n) is 1.69. The van der Waals surface area contributed by atoms with Crippen molar-refractivity contribution in [1.29, 1.82) is 0 Å². The van der Waals surface area contributed by atoms with Gasteiger partial charge in [0.15, 0.2) is 0 Å². The van der Waals surface area contributed by atoms with Crippen molar-refractivity contribution in [3.63, 3.8) is 0 Å². The van der Waals surface area contributed by atoms with Crippen molar-refractivity contribution in [1.82, 2.24) is 0 Å². The molecular formula is C14H21Cl2N. The minimum Gasteiger partial charge on any atom is -0.327 e. The summed E-state index contributed by atoms with van der Waals surface area (Å²) in [6, 6.07) is 5.75. The van der Waals surface area contributed by atoms with E-state index < -0.39 is 0 Å². The lowest BCUT2D eigenvalue weighted by molar-refractivity contribution is 0.347. The van der Waals surface area contributed by atoms with Crippen LogP contribution in [-0.2, 0) is 6.42 Å². The van der Waals surface area contributed by atoms with Gasteiger partial charge in [-0.3, -0.25) is 0 Å². The summed E-state index contributed by atoms with van der Waals surface area (Å²) in [7, 11) is 0. The molecule has 0 aliphatic rings. The van der Waals surface area contributed by atoms with E-state index in [9.17, 15) is 0 Å². The van der Waals surface area contributed by atoms with Gasteiger partial charge in [-0.05, 0) is 42.4 Å². The van der Waals surface area contributed by atoms with Crippen LogP contribution in [0.15, 0.2) is 18.2 Å². The molecule has 0 bridgehead atoms.